The lowest BCUT2D eigenvalue weighted by molar-refractivity contribution is -0.122. The smallest absolute Gasteiger partial charge is 0.270 e. The van der Waals surface area contributed by atoms with Crippen LogP contribution in [0.15, 0.2) is 54.6 Å². The Kier molecular flexibility index (Phi) is 6.81. The summed E-state index contributed by atoms with van der Waals surface area (Å²) in [5.41, 5.74) is 1.10. The van der Waals surface area contributed by atoms with Crippen molar-refractivity contribution in [3.63, 3.8) is 0 Å². The second-order valence-corrected chi connectivity index (χ2v) is 6.93. The summed E-state index contributed by atoms with van der Waals surface area (Å²) in [7, 11) is 1.50. The third-order valence-electron chi connectivity index (χ3n) is 4.53. The van der Waals surface area contributed by atoms with E-state index in [0.717, 1.165) is 10.5 Å². The van der Waals surface area contributed by atoms with Crippen LogP contribution in [0.3, 0.4) is 0 Å². The number of para-hydroxylation sites is 1. The van der Waals surface area contributed by atoms with Gasteiger partial charge in [0.1, 0.15) is 11.4 Å². The fourth-order valence-electron chi connectivity index (χ4n) is 3.21. The van der Waals surface area contributed by atoms with Crippen LogP contribution >= 0.6 is 12.2 Å². The summed E-state index contributed by atoms with van der Waals surface area (Å²) in [4.78, 5) is 26.6. The van der Waals surface area contributed by atoms with E-state index in [2.05, 4.69) is 11.9 Å². The highest BCUT2D eigenvalue weighted by Crippen LogP contribution is 2.35. The Hall–Kier alpha value is -3.52. The third-order valence-corrected chi connectivity index (χ3v) is 4.82. The molecule has 2 amide bonds. The Labute approximate surface area is 185 Å². The predicted octanol–water partition coefficient (Wildman–Crippen LogP) is 3.79. The summed E-state index contributed by atoms with van der Waals surface area (Å²) >= 11 is 5.11. The van der Waals surface area contributed by atoms with E-state index >= 15 is 0 Å². The molecule has 1 N–H and O–H groups in total. The van der Waals surface area contributed by atoms with Gasteiger partial charge in [-0.25, -0.2) is 9.29 Å². The van der Waals surface area contributed by atoms with Gasteiger partial charge in [0.25, 0.3) is 11.8 Å². The molecule has 31 heavy (non-hydrogen) atoms. The molecule has 1 aliphatic rings. The Balaban J connectivity index is 2.09. The standard InChI is InChI=1S/C23H21FN2O4S/c1-4-8-15-11-14(13-19(29-3)20(15)30-5-2)12-16-21(27)25-23(31)26(22(16)28)18-10-7-6-9-17(18)24/h4,6-7,9-13H,1,5,8H2,2-3H3,(H,25,27,31)/b16-12+. The molecule has 160 valence electrons. The number of allylic oxidation sites excluding steroid dienone is 1. The number of nitrogens with zero attached hydrogens (tertiary/aromatic N) is 1. The largest absolute Gasteiger partial charge is 0.493 e. The zero-order valence-electron chi connectivity index (χ0n) is 17.1. The second-order valence-electron chi connectivity index (χ2n) is 6.55. The van der Waals surface area contributed by atoms with E-state index in [1.54, 1.807) is 24.3 Å². The normalized spacial score (nSPS) is 15.1. The number of hydrogen-bond acceptors (Lipinski definition) is 5. The van der Waals surface area contributed by atoms with Crippen LogP contribution in [-0.4, -0.2) is 30.6 Å². The molecular formula is C23H21FN2O4S. The average Bonchev–Trinajstić information content (AvgIpc) is 2.74. The van der Waals surface area contributed by atoms with Crippen LogP contribution in [0.5, 0.6) is 11.5 Å². The highest BCUT2D eigenvalue weighted by Gasteiger charge is 2.35. The van der Waals surface area contributed by atoms with Gasteiger partial charge in [-0.2, -0.15) is 0 Å². The summed E-state index contributed by atoms with van der Waals surface area (Å²) in [6.07, 6.45) is 3.62. The molecule has 1 aliphatic heterocycles. The van der Waals surface area contributed by atoms with Crippen LogP contribution in [0.25, 0.3) is 6.08 Å². The quantitative estimate of drug-likeness (QED) is 0.307. The van der Waals surface area contributed by atoms with E-state index in [9.17, 15) is 14.0 Å². The molecule has 0 atom stereocenters. The third kappa shape index (κ3) is 4.49. The molecule has 2 aromatic rings. The number of hydrogen-bond donors (Lipinski definition) is 1. The Morgan fingerprint density at radius 2 is 2.00 bits per heavy atom. The molecule has 3 rings (SSSR count). The van der Waals surface area contributed by atoms with Gasteiger partial charge >= 0.3 is 0 Å². The molecule has 2 aromatic carbocycles. The van der Waals surface area contributed by atoms with Gasteiger partial charge in [0, 0.05) is 5.56 Å². The SMILES string of the molecule is C=CCc1cc(/C=C2\C(=O)NC(=S)N(c3ccccc3F)C2=O)cc(OC)c1OCC. The van der Waals surface area contributed by atoms with Crippen molar-refractivity contribution in [3.05, 3.63) is 71.6 Å². The van der Waals surface area contributed by atoms with Gasteiger partial charge in [-0.3, -0.25) is 14.9 Å². The van der Waals surface area contributed by atoms with Gasteiger partial charge in [-0.15, -0.1) is 6.58 Å². The zero-order valence-corrected chi connectivity index (χ0v) is 17.9. The number of methoxy groups -OCH3 is 1. The Bertz CT molecular complexity index is 1100. The number of benzene rings is 2. The summed E-state index contributed by atoms with van der Waals surface area (Å²) < 4.78 is 25.4. The minimum absolute atomic E-state index is 0.0416. The summed E-state index contributed by atoms with van der Waals surface area (Å²) in [6.45, 7) is 6.06. The number of rotatable bonds is 7. The van der Waals surface area contributed by atoms with Crippen molar-refractivity contribution in [1.29, 1.82) is 0 Å². The zero-order chi connectivity index (χ0) is 22.5. The van der Waals surface area contributed by atoms with E-state index in [1.807, 2.05) is 6.92 Å². The number of amides is 2. The Morgan fingerprint density at radius 3 is 2.65 bits per heavy atom. The maximum absolute atomic E-state index is 14.3. The number of nitrogens with one attached hydrogen (secondary N) is 1. The minimum Gasteiger partial charge on any atom is -0.493 e. The number of halogens is 1. The number of anilines is 1. The second kappa shape index (κ2) is 9.53. The average molecular weight is 440 g/mol. The van der Waals surface area contributed by atoms with Gasteiger partial charge in [0.05, 0.1) is 19.4 Å². The lowest BCUT2D eigenvalue weighted by atomic mass is 10.0. The first kappa shape index (κ1) is 22.2. The van der Waals surface area contributed by atoms with E-state index < -0.39 is 17.6 Å². The monoisotopic (exact) mass is 440 g/mol. The van der Waals surface area contributed by atoms with E-state index in [0.29, 0.717) is 30.1 Å². The van der Waals surface area contributed by atoms with Crippen LogP contribution < -0.4 is 19.7 Å². The summed E-state index contributed by atoms with van der Waals surface area (Å²) in [6, 6.07) is 9.14. The first-order valence-electron chi connectivity index (χ1n) is 9.51. The predicted molar refractivity (Wildman–Crippen MR) is 121 cm³/mol. The molecule has 0 radical (unpaired) electrons. The number of ether oxygens (including phenoxy) is 2. The highest BCUT2D eigenvalue weighted by molar-refractivity contribution is 7.80. The van der Waals surface area contributed by atoms with Gasteiger partial charge in [0.2, 0.25) is 0 Å². The van der Waals surface area contributed by atoms with Crippen molar-refractivity contribution in [1.82, 2.24) is 5.32 Å². The van der Waals surface area contributed by atoms with E-state index in [-0.39, 0.29) is 16.4 Å². The number of carbonyl (C=O) groups excluding carboxylic acids is 2. The molecule has 1 heterocycles. The molecule has 0 saturated carbocycles. The molecule has 1 saturated heterocycles. The van der Waals surface area contributed by atoms with Crippen LogP contribution in [0.1, 0.15) is 18.1 Å². The Morgan fingerprint density at radius 1 is 1.26 bits per heavy atom. The fourth-order valence-corrected chi connectivity index (χ4v) is 3.48. The van der Waals surface area contributed by atoms with E-state index in [4.69, 9.17) is 21.7 Å². The maximum Gasteiger partial charge on any atom is 0.270 e. The molecule has 0 unspecified atom stereocenters. The van der Waals surface area contributed by atoms with Gasteiger partial charge in [0.15, 0.2) is 16.6 Å². The van der Waals surface area contributed by atoms with Crippen molar-refractivity contribution in [2.45, 2.75) is 13.3 Å². The molecular weight excluding hydrogens is 419 g/mol. The topological polar surface area (TPSA) is 67.9 Å². The summed E-state index contributed by atoms with van der Waals surface area (Å²) in [5.74, 6) is -0.999. The fraction of sp³-hybridized carbons (Fsp3) is 0.174. The van der Waals surface area contributed by atoms with Crippen molar-refractivity contribution in [2.75, 3.05) is 18.6 Å². The lowest BCUT2D eigenvalue weighted by Gasteiger charge is -2.29. The van der Waals surface area contributed by atoms with Crippen LogP contribution in [0.2, 0.25) is 0 Å². The lowest BCUT2D eigenvalue weighted by Crippen LogP contribution is -2.54. The molecule has 1 fully saturated rings. The van der Waals surface area contributed by atoms with Crippen molar-refractivity contribution in [3.8, 4) is 11.5 Å². The van der Waals surface area contributed by atoms with Crippen molar-refractivity contribution < 1.29 is 23.5 Å². The summed E-state index contributed by atoms with van der Waals surface area (Å²) in [5, 5.41) is 2.26. The maximum atomic E-state index is 14.3. The van der Waals surface area contributed by atoms with Gasteiger partial charge in [-0.05, 0) is 61.5 Å². The molecule has 0 bridgehead atoms. The van der Waals surface area contributed by atoms with Gasteiger partial charge < -0.3 is 9.47 Å². The van der Waals surface area contributed by atoms with Crippen LogP contribution in [0, 0.1) is 5.82 Å². The first-order chi connectivity index (χ1) is 14.9. The molecule has 6 nitrogen and oxygen atoms in total. The van der Waals surface area contributed by atoms with Crippen LogP contribution in [0.4, 0.5) is 10.1 Å². The molecule has 0 aliphatic carbocycles. The number of thiocarbonyl (C=S) groups is 1. The first-order valence-corrected chi connectivity index (χ1v) is 9.92. The number of carbonyl (C=O) groups is 2. The van der Waals surface area contributed by atoms with Gasteiger partial charge in [-0.1, -0.05) is 18.2 Å². The highest BCUT2D eigenvalue weighted by atomic mass is 32.1. The molecule has 8 heteroatoms. The molecule has 0 aromatic heterocycles. The molecule has 0 spiro atoms. The van der Waals surface area contributed by atoms with E-state index in [1.165, 1.54) is 31.4 Å². The van der Waals surface area contributed by atoms with Crippen molar-refractivity contribution >= 4 is 40.9 Å². The minimum atomic E-state index is -0.725. The van der Waals surface area contributed by atoms with Crippen molar-refractivity contribution in [2.24, 2.45) is 0 Å². The van der Waals surface area contributed by atoms with Crippen LogP contribution in [-0.2, 0) is 16.0 Å².